The lowest BCUT2D eigenvalue weighted by Gasteiger charge is -2.04. The molecule has 21 heavy (non-hydrogen) atoms. The number of aromatic nitrogens is 4. The molecule has 2 rings (SSSR count). The third kappa shape index (κ3) is 3.03. The van der Waals surface area contributed by atoms with E-state index in [9.17, 15) is 4.79 Å². The monoisotopic (exact) mass is 302 g/mol. The first-order chi connectivity index (χ1) is 9.93. The lowest BCUT2D eigenvalue weighted by atomic mass is 10.2. The van der Waals surface area contributed by atoms with Gasteiger partial charge in [-0.1, -0.05) is 11.8 Å². The first-order valence-corrected chi connectivity index (χ1v) is 7.14. The third-order valence-electron chi connectivity index (χ3n) is 2.78. The SMILES string of the molecule is C/C(N)=C(\C#N)C(=O)CSc1nnc2nc(C)cc(C)n12. The number of carbonyl (C=O) groups excluding carboxylic acids is 1. The fourth-order valence-corrected chi connectivity index (χ4v) is 2.72. The number of allylic oxidation sites excluding steroid dienone is 2. The first kappa shape index (κ1) is 15.0. The van der Waals surface area contributed by atoms with Crippen LogP contribution in [0.25, 0.3) is 5.78 Å². The molecule has 2 aromatic rings. The molecule has 2 N–H and O–H groups in total. The molecule has 7 nitrogen and oxygen atoms in total. The second-order valence-corrected chi connectivity index (χ2v) is 5.48. The minimum Gasteiger partial charge on any atom is -0.401 e. The van der Waals surface area contributed by atoms with Gasteiger partial charge < -0.3 is 5.73 Å². The van der Waals surface area contributed by atoms with Crippen molar-refractivity contribution in [2.75, 3.05) is 5.75 Å². The summed E-state index contributed by atoms with van der Waals surface area (Å²) in [5, 5.41) is 17.5. The van der Waals surface area contributed by atoms with Crippen molar-refractivity contribution in [1.82, 2.24) is 19.6 Å². The predicted molar refractivity (Wildman–Crippen MR) is 78.5 cm³/mol. The number of Topliss-reactive ketones (excluding diaryl/α,β-unsaturated/α-hetero) is 1. The minimum atomic E-state index is -0.322. The summed E-state index contributed by atoms with van der Waals surface area (Å²) in [5.41, 5.74) is 7.51. The smallest absolute Gasteiger partial charge is 0.256 e. The molecule has 0 unspecified atom stereocenters. The van der Waals surface area contributed by atoms with Gasteiger partial charge in [-0.05, 0) is 26.8 Å². The third-order valence-corrected chi connectivity index (χ3v) is 3.71. The van der Waals surface area contributed by atoms with Gasteiger partial charge in [0.05, 0.1) is 5.75 Å². The van der Waals surface area contributed by atoms with Crippen molar-refractivity contribution in [3.05, 3.63) is 28.7 Å². The molecule has 0 saturated heterocycles. The zero-order valence-corrected chi connectivity index (χ0v) is 12.7. The van der Waals surface area contributed by atoms with Gasteiger partial charge in [-0.3, -0.25) is 9.20 Å². The van der Waals surface area contributed by atoms with Crippen LogP contribution in [-0.2, 0) is 4.79 Å². The highest BCUT2D eigenvalue weighted by Crippen LogP contribution is 2.19. The molecule has 0 aliphatic heterocycles. The zero-order chi connectivity index (χ0) is 15.6. The van der Waals surface area contributed by atoms with Gasteiger partial charge in [0.2, 0.25) is 0 Å². The molecule has 2 aromatic heterocycles. The van der Waals surface area contributed by atoms with Gasteiger partial charge in [-0.2, -0.15) is 5.26 Å². The summed E-state index contributed by atoms with van der Waals surface area (Å²) < 4.78 is 1.77. The van der Waals surface area contributed by atoms with Gasteiger partial charge in [0.1, 0.15) is 11.6 Å². The molecule has 0 spiro atoms. The Morgan fingerprint density at radius 3 is 2.81 bits per heavy atom. The van der Waals surface area contributed by atoms with Crippen LogP contribution in [0.2, 0.25) is 0 Å². The summed E-state index contributed by atoms with van der Waals surface area (Å²) >= 11 is 1.20. The Balaban J connectivity index is 2.25. The molecule has 108 valence electrons. The summed E-state index contributed by atoms with van der Waals surface area (Å²) in [4.78, 5) is 16.2. The number of nitrogens with zero attached hydrogens (tertiary/aromatic N) is 5. The lowest BCUT2D eigenvalue weighted by Crippen LogP contribution is -2.10. The average molecular weight is 302 g/mol. The Labute approximate surface area is 125 Å². The molecule has 2 heterocycles. The van der Waals surface area contributed by atoms with E-state index >= 15 is 0 Å². The van der Waals surface area contributed by atoms with Crippen LogP contribution >= 0.6 is 11.8 Å². The van der Waals surface area contributed by atoms with Crippen LogP contribution in [0, 0.1) is 25.2 Å². The Hall–Kier alpha value is -2.40. The Kier molecular flexibility index (Phi) is 4.23. The van der Waals surface area contributed by atoms with E-state index in [4.69, 9.17) is 11.0 Å². The molecule has 0 aliphatic carbocycles. The van der Waals surface area contributed by atoms with Crippen LogP contribution in [0.4, 0.5) is 0 Å². The maximum atomic E-state index is 11.9. The van der Waals surface area contributed by atoms with E-state index in [2.05, 4.69) is 15.2 Å². The van der Waals surface area contributed by atoms with Gasteiger partial charge in [0.25, 0.3) is 5.78 Å². The normalized spacial score (nSPS) is 12.1. The molecule has 0 aliphatic rings. The van der Waals surface area contributed by atoms with Crippen LogP contribution < -0.4 is 5.73 Å². The van der Waals surface area contributed by atoms with Gasteiger partial charge in [0, 0.05) is 17.1 Å². The van der Waals surface area contributed by atoms with Crippen molar-refractivity contribution < 1.29 is 4.79 Å². The fraction of sp³-hybridized carbons (Fsp3) is 0.308. The maximum Gasteiger partial charge on any atom is 0.256 e. The number of rotatable bonds is 4. The van der Waals surface area contributed by atoms with Crippen LogP contribution in [0.3, 0.4) is 0 Å². The molecule has 8 heteroatoms. The van der Waals surface area contributed by atoms with Crippen LogP contribution in [-0.4, -0.2) is 31.1 Å². The van der Waals surface area contributed by atoms with Gasteiger partial charge in [-0.15, -0.1) is 10.2 Å². The molecular formula is C13H14N6OS. The molecule has 0 aromatic carbocycles. The predicted octanol–water partition coefficient (Wildman–Crippen LogP) is 1.16. The molecule has 0 bridgehead atoms. The van der Waals surface area contributed by atoms with Crippen molar-refractivity contribution in [2.24, 2.45) is 5.73 Å². The van der Waals surface area contributed by atoms with E-state index in [1.807, 2.05) is 26.0 Å². The van der Waals surface area contributed by atoms with E-state index in [0.29, 0.717) is 10.9 Å². The van der Waals surface area contributed by atoms with E-state index in [1.165, 1.54) is 18.7 Å². The lowest BCUT2D eigenvalue weighted by molar-refractivity contribution is -0.112. The minimum absolute atomic E-state index is 0.0120. The van der Waals surface area contributed by atoms with Gasteiger partial charge in [-0.25, -0.2) is 4.98 Å². The van der Waals surface area contributed by atoms with E-state index in [0.717, 1.165) is 11.4 Å². The van der Waals surface area contributed by atoms with Crippen molar-refractivity contribution in [1.29, 1.82) is 5.26 Å². The van der Waals surface area contributed by atoms with E-state index in [1.54, 1.807) is 4.40 Å². The second-order valence-electron chi connectivity index (χ2n) is 4.54. The zero-order valence-electron chi connectivity index (χ0n) is 11.9. The highest BCUT2D eigenvalue weighted by atomic mass is 32.2. The topological polar surface area (TPSA) is 110 Å². The molecule has 0 fully saturated rings. The van der Waals surface area contributed by atoms with Crippen LogP contribution in [0.1, 0.15) is 18.3 Å². The van der Waals surface area contributed by atoms with Crippen molar-refractivity contribution in [3.8, 4) is 6.07 Å². The van der Waals surface area contributed by atoms with E-state index in [-0.39, 0.29) is 22.8 Å². The van der Waals surface area contributed by atoms with Gasteiger partial charge in [0.15, 0.2) is 10.9 Å². The number of thioether (sulfide) groups is 1. The molecule has 0 atom stereocenters. The number of nitrogens with two attached hydrogens (primary N) is 1. The van der Waals surface area contributed by atoms with Crippen molar-refractivity contribution in [2.45, 2.75) is 25.9 Å². The first-order valence-electron chi connectivity index (χ1n) is 6.16. The standard InChI is InChI=1S/C13H14N6OS/c1-7-4-8(2)19-12(16-7)17-18-13(19)21-6-11(20)10(5-14)9(3)15/h4H,6,15H2,1-3H3/b10-9-. The highest BCUT2D eigenvalue weighted by Gasteiger charge is 2.15. The Bertz CT molecular complexity index is 782. The summed E-state index contributed by atoms with van der Waals surface area (Å²) in [5.74, 6) is 0.247. The van der Waals surface area contributed by atoms with E-state index < -0.39 is 0 Å². The largest absolute Gasteiger partial charge is 0.401 e. The van der Waals surface area contributed by atoms with Crippen molar-refractivity contribution >= 4 is 23.3 Å². The number of hydrogen-bond donors (Lipinski definition) is 1. The van der Waals surface area contributed by atoms with Crippen LogP contribution in [0.5, 0.6) is 0 Å². The number of aryl methyl sites for hydroxylation is 2. The summed E-state index contributed by atoms with van der Waals surface area (Å²) in [6.07, 6.45) is 0. The molecule has 0 radical (unpaired) electrons. The summed E-state index contributed by atoms with van der Waals surface area (Å²) in [6.45, 7) is 5.33. The van der Waals surface area contributed by atoms with Gasteiger partial charge >= 0.3 is 0 Å². The molecule has 0 saturated carbocycles. The number of carbonyl (C=O) groups is 1. The number of hydrogen-bond acceptors (Lipinski definition) is 7. The molecular weight excluding hydrogens is 288 g/mol. The Morgan fingerprint density at radius 2 is 2.19 bits per heavy atom. The maximum absolute atomic E-state index is 11.9. The highest BCUT2D eigenvalue weighted by molar-refractivity contribution is 7.99. The number of fused-ring (bicyclic) bond motifs is 1. The fourth-order valence-electron chi connectivity index (χ4n) is 1.87. The Morgan fingerprint density at radius 1 is 1.48 bits per heavy atom. The molecule has 0 amide bonds. The number of ketones is 1. The summed E-state index contributed by atoms with van der Waals surface area (Å²) in [7, 11) is 0. The summed E-state index contributed by atoms with van der Waals surface area (Å²) in [6, 6.07) is 3.73. The number of nitriles is 1. The van der Waals surface area contributed by atoms with Crippen LogP contribution in [0.15, 0.2) is 22.5 Å². The second kappa shape index (κ2) is 5.93. The average Bonchev–Trinajstić information content (AvgIpc) is 2.79. The quantitative estimate of drug-likeness (QED) is 0.512. The van der Waals surface area contributed by atoms with Crippen molar-refractivity contribution in [3.63, 3.8) is 0 Å².